The Morgan fingerprint density at radius 2 is 2.05 bits per heavy atom. The third-order valence-electron chi connectivity index (χ3n) is 2.67. The van der Waals surface area contributed by atoms with Crippen molar-refractivity contribution in [3.63, 3.8) is 0 Å². The van der Waals surface area contributed by atoms with Crippen LogP contribution in [-0.4, -0.2) is 22.5 Å². The average Bonchev–Trinajstić information content (AvgIpc) is 2.48. The minimum atomic E-state index is -0.403. The van der Waals surface area contributed by atoms with Gasteiger partial charge in [-0.2, -0.15) is 0 Å². The molecule has 4 nitrogen and oxygen atoms in total. The molecule has 1 aromatic heterocycles. The van der Waals surface area contributed by atoms with Crippen LogP contribution in [0.5, 0.6) is 0 Å². The van der Waals surface area contributed by atoms with E-state index in [4.69, 9.17) is 4.74 Å². The number of ether oxygens (including phenoxy) is 1. The topological polar surface area (TPSA) is 52.1 Å². The molecule has 1 aromatic carbocycles. The minimum absolute atomic E-state index is 0.328. The number of hydrogen-bond acceptors (Lipinski definition) is 4. The van der Waals surface area contributed by atoms with Crippen molar-refractivity contribution in [1.29, 1.82) is 0 Å². The highest BCUT2D eigenvalue weighted by molar-refractivity contribution is 5.92. The number of esters is 1. The molecule has 0 radical (unpaired) electrons. The monoisotopic (exact) mass is 268 g/mol. The zero-order valence-electron chi connectivity index (χ0n) is 11.5. The molecule has 2 aromatic rings. The maximum absolute atomic E-state index is 11.9. The molecule has 0 aliphatic heterocycles. The van der Waals surface area contributed by atoms with Gasteiger partial charge in [0.15, 0.2) is 5.82 Å². The van der Waals surface area contributed by atoms with Gasteiger partial charge in [-0.1, -0.05) is 36.4 Å². The fourth-order valence-electron chi connectivity index (χ4n) is 1.77. The molecule has 0 atom stereocenters. The fourth-order valence-corrected chi connectivity index (χ4v) is 1.77. The van der Waals surface area contributed by atoms with Gasteiger partial charge in [0, 0.05) is 11.8 Å². The first kappa shape index (κ1) is 13.9. The van der Waals surface area contributed by atoms with Crippen molar-refractivity contribution in [2.24, 2.45) is 0 Å². The van der Waals surface area contributed by atoms with Crippen molar-refractivity contribution in [3.8, 4) is 11.4 Å². The van der Waals surface area contributed by atoms with Gasteiger partial charge in [0.25, 0.3) is 0 Å². The molecule has 1 heterocycles. The number of benzene rings is 1. The molecule has 2 rings (SSSR count). The van der Waals surface area contributed by atoms with E-state index in [9.17, 15) is 4.79 Å². The van der Waals surface area contributed by atoms with Crippen LogP contribution in [0, 0.1) is 0 Å². The number of rotatable bonds is 4. The van der Waals surface area contributed by atoms with Crippen LogP contribution in [-0.2, 0) is 4.74 Å². The largest absolute Gasteiger partial charge is 0.462 e. The molecule has 0 N–H and O–H groups in total. The van der Waals surface area contributed by atoms with E-state index < -0.39 is 5.97 Å². The first-order valence-electron chi connectivity index (χ1n) is 6.48. The van der Waals surface area contributed by atoms with Crippen molar-refractivity contribution < 1.29 is 9.53 Å². The van der Waals surface area contributed by atoms with Crippen LogP contribution in [0.2, 0.25) is 0 Å². The van der Waals surface area contributed by atoms with E-state index in [0.717, 1.165) is 5.56 Å². The molecule has 4 heteroatoms. The Morgan fingerprint density at radius 3 is 2.70 bits per heavy atom. The summed E-state index contributed by atoms with van der Waals surface area (Å²) in [6, 6.07) is 9.64. The quantitative estimate of drug-likeness (QED) is 0.798. The molecular formula is C16H16N2O2. The summed E-state index contributed by atoms with van der Waals surface area (Å²) in [7, 11) is 0. The molecular weight excluding hydrogens is 252 g/mol. The molecule has 0 bridgehead atoms. The second-order valence-electron chi connectivity index (χ2n) is 4.08. The molecule has 102 valence electrons. The highest BCUT2D eigenvalue weighted by Crippen LogP contribution is 2.17. The van der Waals surface area contributed by atoms with Crippen LogP contribution in [0.15, 0.2) is 42.6 Å². The Kier molecular flexibility index (Phi) is 4.60. The maximum atomic E-state index is 11.9. The summed E-state index contributed by atoms with van der Waals surface area (Å²) in [6.07, 6.45) is 5.13. The van der Waals surface area contributed by atoms with E-state index in [1.807, 2.05) is 43.3 Å². The Balaban J connectivity index is 2.45. The lowest BCUT2D eigenvalue weighted by Gasteiger charge is -2.07. The lowest BCUT2D eigenvalue weighted by molar-refractivity contribution is 0.0525. The molecule has 20 heavy (non-hydrogen) atoms. The number of carbonyl (C=O) groups excluding carboxylic acids is 1. The summed E-state index contributed by atoms with van der Waals surface area (Å²) in [5.41, 5.74) is 1.86. The van der Waals surface area contributed by atoms with Gasteiger partial charge < -0.3 is 4.74 Å². The van der Waals surface area contributed by atoms with Crippen LogP contribution in [0.3, 0.4) is 0 Å². The third kappa shape index (κ3) is 3.09. The first-order valence-corrected chi connectivity index (χ1v) is 6.48. The highest BCUT2D eigenvalue weighted by atomic mass is 16.5. The molecule has 0 amide bonds. The van der Waals surface area contributed by atoms with Crippen molar-refractivity contribution in [1.82, 2.24) is 9.97 Å². The predicted molar refractivity (Wildman–Crippen MR) is 78.1 cm³/mol. The van der Waals surface area contributed by atoms with Crippen molar-refractivity contribution in [2.45, 2.75) is 13.8 Å². The van der Waals surface area contributed by atoms with E-state index >= 15 is 0 Å². The second-order valence-corrected chi connectivity index (χ2v) is 4.08. The normalized spacial score (nSPS) is 10.7. The maximum Gasteiger partial charge on any atom is 0.341 e. The number of allylic oxidation sites excluding steroid dienone is 1. The van der Waals surface area contributed by atoms with E-state index in [2.05, 4.69) is 9.97 Å². The Morgan fingerprint density at radius 1 is 1.30 bits per heavy atom. The van der Waals surface area contributed by atoms with Gasteiger partial charge in [-0.25, -0.2) is 14.8 Å². The Hall–Kier alpha value is -2.49. The SMILES string of the molecule is C/C=C/c1nc(-c2ccccc2)ncc1C(=O)OCC. The van der Waals surface area contributed by atoms with Crippen LogP contribution < -0.4 is 0 Å². The van der Waals surface area contributed by atoms with Crippen molar-refractivity contribution in [3.05, 3.63) is 53.9 Å². The summed E-state index contributed by atoms with van der Waals surface area (Å²) in [6.45, 7) is 3.97. The van der Waals surface area contributed by atoms with Gasteiger partial charge >= 0.3 is 5.97 Å². The standard InChI is InChI=1S/C16H16N2O2/c1-3-8-14-13(16(19)20-4-2)11-17-15(18-14)12-9-6-5-7-10-12/h3,5-11H,4H2,1-2H3/b8-3+. The van der Waals surface area contributed by atoms with E-state index in [-0.39, 0.29) is 0 Å². The van der Waals surface area contributed by atoms with Gasteiger partial charge in [-0.15, -0.1) is 0 Å². The number of hydrogen-bond donors (Lipinski definition) is 0. The van der Waals surface area contributed by atoms with E-state index in [0.29, 0.717) is 23.7 Å². The van der Waals surface area contributed by atoms with Gasteiger partial charge in [0.05, 0.1) is 12.3 Å². The highest BCUT2D eigenvalue weighted by Gasteiger charge is 2.14. The zero-order valence-corrected chi connectivity index (χ0v) is 11.5. The van der Waals surface area contributed by atoms with E-state index in [1.54, 1.807) is 13.0 Å². The zero-order chi connectivity index (χ0) is 14.4. The average molecular weight is 268 g/mol. The van der Waals surface area contributed by atoms with Crippen LogP contribution in [0.25, 0.3) is 17.5 Å². The molecule has 0 aliphatic carbocycles. The van der Waals surface area contributed by atoms with Gasteiger partial charge in [0.2, 0.25) is 0 Å². The second kappa shape index (κ2) is 6.61. The van der Waals surface area contributed by atoms with Crippen molar-refractivity contribution in [2.75, 3.05) is 6.61 Å². The summed E-state index contributed by atoms with van der Waals surface area (Å²) >= 11 is 0. The number of carbonyl (C=O) groups is 1. The van der Waals surface area contributed by atoms with Crippen LogP contribution in [0.4, 0.5) is 0 Å². The van der Waals surface area contributed by atoms with E-state index in [1.165, 1.54) is 6.20 Å². The number of nitrogens with zero attached hydrogens (tertiary/aromatic N) is 2. The van der Waals surface area contributed by atoms with Gasteiger partial charge in [-0.3, -0.25) is 0 Å². The first-order chi connectivity index (χ1) is 9.76. The van der Waals surface area contributed by atoms with Gasteiger partial charge in [0.1, 0.15) is 5.56 Å². The smallest absolute Gasteiger partial charge is 0.341 e. The third-order valence-corrected chi connectivity index (χ3v) is 2.67. The Bertz CT molecular complexity index is 622. The summed E-state index contributed by atoms with van der Waals surface area (Å²) < 4.78 is 5.01. The van der Waals surface area contributed by atoms with Crippen LogP contribution >= 0.6 is 0 Å². The number of aromatic nitrogens is 2. The summed E-state index contributed by atoms with van der Waals surface area (Å²) in [5.74, 6) is 0.187. The summed E-state index contributed by atoms with van der Waals surface area (Å²) in [5, 5.41) is 0. The minimum Gasteiger partial charge on any atom is -0.462 e. The molecule has 0 saturated carbocycles. The van der Waals surface area contributed by atoms with Crippen LogP contribution in [0.1, 0.15) is 29.9 Å². The molecule has 0 aliphatic rings. The lowest BCUT2D eigenvalue weighted by atomic mass is 10.1. The fraction of sp³-hybridized carbons (Fsp3) is 0.188. The molecule has 0 saturated heterocycles. The Labute approximate surface area is 118 Å². The van der Waals surface area contributed by atoms with Gasteiger partial charge in [-0.05, 0) is 19.9 Å². The lowest BCUT2D eigenvalue weighted by Crippen LogP contribution is -2.09. The molecule has 0 fully saturated rings. The summed E-state index contributed by atoms with van der Waals surface area (Å²) in [4.78, 5) is 20.5. The van der Waals surface area contributed by atoms with Crippen molar-refractivity contribution >= 4 is 12.0 Å². The molecule has 0 unspecified atom stereocenters. The molecule has 0 spiro atoms. The predicted octanol–water partition coefficient (Wildman–Crippen LogP) is 3.35.